The van der Waals surface area contributed by atoms with Crippen molar-refractivity contribution in [2.24, 2.45) is 5.41 Å². The summed E-state index contributed by atoms with van der Waals surface area (Å²) in [5, 5.41) is 8.98. The molecule has 0 aromatic carbocycles. The van der Waals surface area contributed by atoms with Crippen molar-refractivity contribution in [3.63, 3.8) is 0 Å². The zero-order valence-electron chi connectivity index (χ0n) is 11.2. The Kier molecular flexibility index (Phi) is 3.56. The molecule has 0 fully saturated rings. The van der Waals surface area contributed by atoms with Gasteiger partial charge in [0.15, 0.2) is 0 Å². The van der Waals surface area contributed by atoms with E-state index in [0.717, 1.165) is 38.6 Å². The van der Waals surface area contributed by atoms with E-state index in [1.165, 1.54) is 11.3 Å². The summed E-state index contributed by atoms with van der Waals surface area (Å²) >= 11 is 0. The van der Waals surface area contributed by atoms with Crippen molar-refractivity contribution >= 4 is 0 Å². The Morgan fingerprint density at radius 3 is 2.89 bits per heavy atom. The highest BCUT2D eigenvalue weighted by Crippen LogP contribution is 2.23. The van der Waals surface area contributed by atoms with Gasteiger partial charge in [0, 0.05) is 18.3 Å². The van der Waals surface area contributed by atoms with E-state index in [9.17, 15) is 4.79 Å². The van der Waals surface area contributed by atoms with Gasteiger partial charge in [-0.1, -0.05) is 6.07 Å². The van der Waals surface area contributed by atoms with Gasteiger partial charge in [-0.3, -0.25) is 4.79 Å². The Morgan fingerprint density at radius 1 is 1.39 bits per heavy atom. The zero-order valence-corrected chi connectivity index (χ0v) is 11.2. The maximum atomic E-state index is 11.9. The third kappa shape index (κ3) is 2.64. The second-order valence-electron chi connectivity index (χ2n) is 5.75. The molecule has 0 saturated carbocycles. The molecule has 0 atom stereocenters. The fourth-order valence-corrected chi connectivity index (χ4v) is 2.61. The summed E-state index contributed by atoms with van der Waals surface area (Å²) in [6.07, 6.45) is 4.99. The van der Waals surface area contributed by atoms with Crippen LogP contribution in [0.5, 0.6) is 0 Å². The summed E-state index contributed by atoms with van der Waals surface area (Å²) in [5.74, 6) is 0. The monoisotopic (exact) mass is 244 g/mol. The number of pyridine rings is 1. The molecule has 96 valence electrons. The topological polar surface area (TPSA) is 45.8 Å². The predicted molar refractivity (Wildman–Crippen MR) is 71.4 cm³/mol. The molecule has 0 unspecified atom stereocenters. The molecule has 2 rings (SSSR count). The molecule has 3 nitrogen and oxygen atoms in total. The number of aromatic nitrogens is 1. The van der Waals surface area contributed by atoms with E-state index in [0.29, 0.717) is 0 Å². The van der Waals surface area contributed by atoms with Gasteiger partial charge < -0.3 is 4.57 Å². The first-order chi connectivity index (χ1) is 8.53. The van der Waals surface area contributed by atoms with Gasteiger partial charge in [-0.15, -0.1) is 0 Å². The van der Waals surface area contributed by atoms with E-state index >= 15 is 0 Å². The second-order valence-corrected chi connectivity index (χ2v) is 5.75. The summed E-state index contributed by atoms with van der Waals surface area (Å²) < 4.78 is 1.91. The standard InChI is InChI=1S/C15H20N2O/c1-15(2,11-16)9-4-10-17-13-6-3-5-12(13)7-8-14(17)18/h7-8H,3-6,9-10H2,1-2H3. The number of nitrogens with zero attached hydrogens (tertiary/aromatic N) is 2. The van der Waals surface area contributed by atoms with Gasteiger partial charge in [-0.25, -0.2) is 0 Å². The Morgan fingerprint density at radius 2 is 2.17 bits per heavy atom. The van der Waals surface area contributed by atoms with E-state index in [1.54, 1.807) is 6.07 Å². The van der Waals surface area contributed by atoms with E-state index in [2.05, 4.69) is 6.07 Å². The number of rotatable bonds is 4. The van der Waals surface area contributed by atoms with Crippen LogP contribution >= 0.6 is 0 Å². The first-order valence-electron chi connectivity index (χ1n) is 6.66. The van der Waals surface area contributed by atoms with Gasteiger partial charge >= 0.3 is 0 Å². The third-order valence-corrected chi connectivity index (χ3v) is 3.74. The van der Waals surface area contributed by atoms with Gasteiger partial charge in [0.2, 0.25) is 0 Å². The van der Waals surface area contributed by atoms with Crippen molar-refractivity contribution < 1.29 is 0 Å². The summed E-state index contributed by atoms with van der Waals surface area (Å²) in [7, 11) is 0. The Labute approximate surface area is 108 Å². The van der Waals surface area contributed by atoms with Crippen LogP contribution in [-0.2, 0) is 19.4 Å². The first kappa shape index (κ1) is 12.9. The fourth-order valence-electron chi connectivity index (χ4n) is 2.61. The minimum atomic E-state index is -0.290. The SMILES string of the molecule is CC(C)(C#N)CCCn1c2c(ccc1=O)CCC2. The lowest BCUT2D eigenvalue weighted by Gasteiger charge is -2.16. The average molecular weight is 244 g/mol. The number of fused-ring (bicyclic) bond motifs is 1. The Hall–Kier alpha value is -1.56. The highest BCUT2D eigenvalue weighted by Gasteiger charge is 2.18. The van der Waals surface area contributed by atoms with E-state index < -0.39 is 0 Å². The molecular weight excluding hydrogens is 224 g/mol. The van der Waals surface area contributed by atoms with Crippen LogP contribution < -0.4 is 5.56 Å². The van der Waals surface area contributed by atoms with E-state index in [4.69, 9.17) is 5.26 Å². The maximum Gasteiger partial charge on any atom is 0.250 e. The van der Waals surface area contributed by atoms with Gasteiger partial charge in [0.25, 0.3) is 5.56 Å². The molecule has 1 heterocycles. The van der Waals surface area contributed by atoms with Crippen LogP contribution in [0, 0.1) is 16.7 Å². The highest BCUT2D eigenvalue weighted by molar-refractivity contribution is 5.25. The molecule has 1 aliphatic rings. The summed E-state index contributed by atoms with van der Waals surface area (Å²) in [6, 6.07) is 5.96. The molecule has 0 saturated heterocycles. The molecule has 0 bridgehead atoms. The van der Waals surface area contributed by atoms with Crippen molar-refractivity contribution in [1.29, 1.82) is 5.26 Å². The van der Waals surface area contributed by atoms with Crippen LogP contribution in [0.2, 0.25) is 0 Å². The van der Waals surface area contributed by atoms with Crippen LogP contribution in [0.1, 0.15) is 44.4 Å². The number of aryl methyl sites for hydroxylation is 1. The normalized spacial score (nSPS) is 14.3. The predicted octanol–water partition coefficient (Wildman–Crippen LogP) is 2.67. The van der Waals surface area contributed by atoms with Crippen LogP contribution in [0.4, 0.5) is 0 Å². The average Bonchev–Trinajstić information content (AvgIpc) is 2.80. The molecule has 0 amide bonds. The molecule has 3 heteroatoms. The minimum Gasteiger partial charge on any atom is -0.312 e. The summed E-state index contributed by atoms with van der Waals surface area (Å²) in [4.78, 5) is 11.9. The maximum absolute atomic E-state index is 11.9. The van der Waals surface area contributed by atoms with Crippen molar-refractivity contribution in [2.45, 2.75) is 52.5 Å². The van der Waals surface area contributed by atoms with Crippen molar-refractivity contribution in [1.82, 2.24) is 4.57 Å². The van der Waals surface area contributed by atoms with Gasteiger partial charge in [-0.2, -0.15) is 5.26 Å². The van der Waals surface area contributed by atoms with Crippen LogP contribution in [-0.4, -0.2) is 4.57 Å². The largest absolute Gasteiger partial charge is 0.312 e. The number of hydrogen-bond donors (Lipinski definition) is 0. The smallest absolute Gasteiger partial charge is 0.250 e. The molecule has 18 heavy (non-hydrogen) atoms. The molecular formula is C15H20N2O. The van der Waals surface area contributed by atoms with Crippen molar-refractivity contribution in [3.8, 4) is 6.07 Å². The van der Waals surface area contributed by atoms with Crippen molar-refractivity contribution in [2.75, 3.05) is 0 Å². The van der Waals surface area contributed by atoms with E-state index in [-0.39, 0.29) is 11.0 Å². The van der Waals surface area contributed by atoms with Crippen LogP contribution in [0.3, 0.4) is 0 Å². The Bertz CT molecular complexity index is 534. The summed E-state index contributed by atoms with van der Waals surface area (Å²) in [5.41, 5.74) is 2.36. The zero-order chi connectivity index (χ0) is 13.2. The van der Waals surface area contributed by atoms with Crippen LogP contribution in [0.15, 0.2) is 16.9 Å². The first-order valence-corrected chi connectivity index (χ1v) is 6.66. The molecule has 0 N–H and O–H groups in total. The van der Waals surface area contributed by atoms with Gasteiger partial charge in [-0.05, 0) is 51.5 Å². The lowest BCUT2D eigenvalue weighted by atomic mass is 9.90. The van der Waals surface area contributed by atoms with Crippen LogP contribution in [0.25, 0.3) is 0 Å². The highest BCUT2D eigenvalue weighted by atomic mass is 16.1. The minimum absolute atomic E-state index is 0.102. The molecule has 0 aliphatic heterocycles. The van der Waals surface area contributed by atoms with Gasteiger partial charge in [0.1, 0.15) is 0 Å². The van der Waals surface area contributed by atoms with E-state index in [1.807, 2.05) is 24.5 Å². The molecule has 1 aromatic rings. The van der Waals surface area contributed by atoms with Gasteiger partial charge in [0.05, 0.1) is 11.5 Å². The number of hydrogen-bond acceptors (Lipinski definition) is 2. The Balaban J connectivity index is 2.09. The lowest BCUT2D eigenvalue weighted by molar-refractivity contribution is 0.411. The molecule has 1 aromatic heterocycles. The fraction of sp³-hybridized carbons (Fsp3) is 0.600. The third-order valence-electron chi connectivity index (χ3n) is 3.74. The van der Waals surface area contributed by atoms with Crippen molar-refractivity contribution in [3.05, 3.63) is 33.7 Å². The number of nitriles is 1. The quantitative estimate of drug-likeness (QED) is 0.817. The second kappa shape index (κ2) is 4.97. The molecule has 0 radical (unpaired) electrons. The summed E-state index contributed by atoms with van der Waals surface area (Å²) in [6.45, 7) is 4.64. The molecule has 0 spiro atoms. The lowest BCUT2D eigenvalue weighted by Crippen LogP contribution is -2.23. The molecule has 1 aliphatic carbocycles.